The Morgan fingerprint density at radius 2 is 1.76 bits per heavy atom. The quantitative estimate of drug-likeness (QED) is 0.138. The van der Waals surface area contributed by atoms with Crippen LogP contribution in [0.1, 0.15) is 16.7 Å². The molecule has 0 bridgehead atoms. The maximum Gasteiger partial charge on any atom is 0.142 e. The van der Waals surface area contributed by atoms with Crippen molar-refractivity contribution in [2.75, 3.05) is 12.3 Å². The highest BCUT2D eigenvalue weighted by Crippen LogP contribution is 2.36. The zero-order chi connectivity index (χ0) is 27.0. The molecule has 0 saturated carbocycles. The number of aromatic nitrogens is 1. The van der Waals surface area contributed by atoms with E-state index in [4.69, 9.17) is 21.1 Å². The van der Waals surface area contributed by atoms with Crippen molar-refractivity contribution in [1.29, 1.82) is 0 Å². The van der Waals surface area contributed by atoms with E-state index in [2.05, 4.69) is 50.3 Å². The summed E-state index contributed by atoms with van der Waals surface area (Å²) < 4.78 is 34.1. The van der Waals surface area contributed by atoms with E-state index in [1.165, 1.54) is 0 Å². The van der Waals surface area contributed by atoms with Gasteiger partial charge in [0.1, 0.15) is 24.7 Å². The smallest absolute Gasteiger partial charge is 0.142 e. The first-order valence-electron chi connectivity index (χ1n) is 11.9. The molecule has 0 aliphatic rings. The van der Waals surface area contributed by atoms with Gasteiger partial charge in [0.15, 0.2) is 0 Å². The summed E-state index contributed by atoms with van der Waals surface area (Å²) in [5.41, 5.74) is 4.88. The maximum absolute atomic E-state index is 11.5. The van der Waals surface area contributed by atoms with Crippen molar-refractivity contribution in [2.45, 2.75) is 19.8 Å². The van der Waals surface area contributed by atoms with E-state index in [9.17, 15) is 8.76 Å². The van der Waals surface area contributed by atoms with E-state index in [0.717, 1.165) is 32.3 Å². The van der Waals surface area contributed by atoms with Crippen LogP contribution in [0.25, 0.3) is 11.1 Å². The highest BCUT2D eigenvalue weighted by atomic mass is 79.9. The number of halogens is 2. The Bertz CT molecular complexity index is 1470. The monoisotopic (exact) mass is 614 g/mol. The van der Waals surface area contributed by atoms with Gasteiger partial charge in [-0.05, 0) is 45.1 Å². The lowest BCUT2D eigenvalue weighted by molar-refractivity contribution is 0.287. The molecule has 0 fully saturated rings. The van der Waals surface area contributed by atoms with Crippen LogP contribution < -0.4 is 14.8 Å². The lowest BCUT2D eigenvalue weighted by Crippen LogP contribution is -2.22. The lowest BCUT2D eigenvalue weighted by atomic mass is 10.0. The minimum absolute atomic E-state index is 0.0464. The second-order valence-electron chi connectivity index (χ2n) is 8.63. The number of hydrogen-bond acceptors (Lipinski definition) is 5. The van der Waals surface area contributed by atoms with Crippen LogP contribution in [-0.2, 0) is 29.6 Å². The second kappa shape index (κ2) is 13.3. The molecule has 0 aliphatic heterocycles. The van der Waals surface area contributed by atoms with Gasteiger partial charge in [-0.25, -0.2) is 4.21 Å². The van der Waals surface area contributed by atoms with E-state index in [1.807, 2.05) is 42.5 Å². The normalized spacial score (nSPS) is 12.6. The van der Waals surface area contributed by atoms with Crippen LogP contribution in [0.3, 0.4) is 0 Å². The fourth-order valence-electron chi connectivity index (χ4n) is 3.75. The molecule has 4 aromatic rings. The Hall–Kier alpha value is -2.88. The van der Waals surface area contributed by atoms with Crippen LogP contribution in [0.4, 0.5) is 0 Å². The third kappa shape index (κ3) is 8.06. The third-order valence-electron chi connectivity index (χ3n) is 5.69. The number of benzene rings is 3. The number of pyridine rings is 1. The molecular formula is C29H28BrClN2O4S. The zero-order valence-corrected chi connectivity index (χ0v) is 23.8. The molecule has 0 amide bonds. The summed E-state index contributed by atoms with van der Waals surface area (Å²) in [7, 11) is -3.06. The van der Waals surface area contributed by atoms with E-state index >= 15 is 0 Å². The van der Waals surface area contributed by atoms with Gasteiger partial charge < -0.3 is 19.3 Å². The average molecular weight is 616 g/mol. The number of rotatable bonds is 12. The summed E-state index contributed by atoms with van der Waals surface area (Å²) in [6.07, 6.45) is 3.45. The van der Waals surface area contributed by atoms with Gasteiger partial charge in [-0.2, -0.15) is 0 Å². The number of nitrogens with one attached hydrogen (secondary N) is 1. The zero-order valence-electron chi connectivity index (χ0n) is 20.6. The van der Waals surface area contributed by atoms with Crippen LogP contribution in [0.5, 0.6) is 11.5 Å². The van der Waals surface area contributed by atoms with E-state index in [0.29, 0.717) is 42.8 Å². The first-order valence-corrected chi connectivity index (χ1v) is 14.9. The number of hydrogen-bond donors (Lipinski definition) is 2. The van der Waals surface area contributed by atoms with Crippen molar-refractivity contribution < 1.29 is 18.2 Å². The Morgan fingerprint density at radius 3 is 2.50 bits per heavy atom. The lowest BCUT2D eigenvalue weighted by Gasteiger charge is -2.17. The average Bonchev–Trinajstić information content (AvgIpc) is 2.91. The standard InChI is InChI=1S/C29H28BrClN2O4S/c1-38(34,35)14-13-33-18-24-15-26(31)28(16-27(24)36-19-21-7-6-12-32-17-21)37-20-23-10-5-11-25(29(23)30)22-8-3-2-4-9-22/h2-12,15-17,33H,1,13-14,18-20H2,(H,34,35). The molecule has 0 radical (unpaired) electrons. The van der Waals surface area contributed by atoms with Crippen molar-refractivity contribution in [3.05, 3.63) is 111 Å². The molecule has 198 valence electrons. The topological polar surface area (TPSA) is 80.7 Å². The summed E-state index contributed by atoms with van der Waals surface area (Å²) in [5.74, 6) is 4.40. The highest BCUT2D eigenvalue weighted by Gasteiger charge is 2.14. The fraction of sp³-hybridized carbons (Fsp3) is 0.172. The number of nitrogens with zero attached hydrogens (tertiary/aromatic N) is 1. The molecule has 38 heavy (non-hydrogen) atoms. The Balaban J connectivity index is 1.53. The summed E-state index contributed by atoms with van der Waals surface area (Å²) >= 11 is 10.4. The number of ether oxygens (including phenoxy) is 2. The van der Waals surface area contributed by atoms with E-state index in [1.54, 1.807) is 24.5 Å². The second-order valence-corrected chi connectivity index (χ2v) is 11.8. The summed E-state index contributed by atoms with van der Waals surface area (Å²) in [4.78, 5) is 4.14. The predicted octanol–water partition coefficient (Wildman–Crippen LogP) is 6.60. The summed E-state index contributed by atoms with van der Waals surface area (Å²) in [6, 6.07) is 23.6. The molecular weight excluding hydrogens is 588 g/mol. The molecule has 0 saturated heterocycles. The molecule has 0 spiro atoms. The fourth-order valence-corrected chi connectivity index (χ4v) is 5.06. The molecule has 9 heteroatoms. The van der Waals surface area contributed by atoms with Crippen LogP contribution >= 0.6 is 27.5 Å². The van der Waals surface area contributed by atoms with Gasteiger partial charge in [-0.15, -0.1) is 0 Å². The van der Waals surface area contributed by atoms with Gasteiger partial charge in [0.05, 0.1) is 20.6 Å². The SMILES string of the molecule is C=S(=O)(O)CCNCc1cc(Cl)c(OCc2cccc(-c3ccccc3)c2Br)cc1OCc1cccnc1. The van der Waals surface area contributed by atoms with Gasteiger partial charge in [-0.1, -0.05) is 66.2 Å². The molecule has 0 aliphatic carbocycles. The van der Waals surface area contributed by atoms with Gasteiger partial charge >= 0.3 is 0 Å². The molecule has 1 heterocycles. The van der Waals surface area contributed by atoms with Gasteiger partial charge in [0.2, 0.25) is 0 Å². The van der Waals surface area contributed by atoms with Crippen molar-refractivity contribution in [3.63, 3.8) is 0 Å². The van der Waals surface area contributed by atoms with Crippen LogP contribution in [0.2, 0.25) is 5.02 Å². The predicted molar refractivity (Wildman–Crippen MR) is 158 cm³/mol. The maximum atomic E-state index is 11.5. The van der Waals surface area contributed by atoms with Crippen LogP contribution in [-0.4, -0.2) is 31.9 Å². The van der Waals surface area contributed by atoms with E-state index in [-0.39, 0.29) is 5.75 Å². The van der Waals surface area contributed by atoms with Gasteiger partial charge in [0, 0.05) is 52.7 Å². The van der Waals surface area contributed by atoms with Crippen molar-refractivity contribution in [3.8, 4) is 22.6 Å². The molecule has 3 aromatic carbocycles. The van der Waals surface area contributed by atoms with Gasteiger partial charge in [0.25, 0.3) is 0 Å². The van der Waals surface area contributed by atoms with Crippen LogP contribution in [0.15, 0.2) is 89.7 Å². The van der Waals surface area contributed by atoms with Crippen LogP contribution in [0, 0.1) is 0 Å². The first kappa shape index (κ1) is 28.1. The highest BCUT2D eigenvalue weighted by molar-refractivity contribution is 9.10. The van der Waals surface area contributed by atoms with Crippen molar-refractivity contribution in [1.82, 2.24) is 10.3 Å². The largest absolute Gasteiger partial charge is 0.488 e. The molecule has 4 rings (SSSR count). The van der Waals surface area contributed by atoms with Crippen molar-refractivity contribution in [2.24, 2.45) is 0 Å². The summed E-state index contributed by atoms with van der Waals surface area (Å²) in [6.45, 7) is 1.33. The minimum atomic E-state index is -3.06. The molecule has 1 atom stereocenters. The Morgan fingerprint density at radius 1 is 0.974 bits per heavy atom. The molecule has 6 nitrogen and oxygen atoms in total. The molecule has 1 unspecified atom stereocenters. The summed E-state index contributed by atoms with van der Waals surface area (Å²) in [5, 5.41) is 3.59. The first-order chi connectivity index (χ1) is 18.3. The third-order valence-corrected chi connectivity index (χ3v) is 7.77. The Kier molecular flexibility index (Phi) is 9.82. The minimum Gasteiger partial charge on any atom is -0.488 e. The Labute approximate surface area is 237 Å². The molecule has 2 N–H and O–H groups in total. The van der Waals surface area contributed by atoms with Gasteiger partial charge in [-0.3, -0.25) is 4.98 Å². The van der Waals surface area contributed by atoms with E-state index < -0.39 is 9.80 Å². The molecule has 1 aromatic heterocycles. The van der Waals surface area contributed by atoms with Crippen molar-refractivity contribution >= 4 is 43.2 Å².